The van der Waals surface area contributed by atoms with Gasteiger partial charge in [0, 0.05) is 36.9 Å². The largest absolute Gasteiger partial charge is 0.480 e. The molecule has 6 heterocycles. The third-order valence-electron chi connectivity index (χ3n) is 8.39. The summed E-state index contributed by atoms with van der Waals surface area (Å²) in [4.78, 5) is 42.0. The number of nitrogens with one attached hydrogen (secondary N) is 2. The maximum Gasteiger partial charge on any atom is 0.278 e. The van der Waals surface area contributed by atoms with E-state index in [1.54, 1.807) is 32.6 Å². The van der Waals surface area contributed by atoms with Gasteiger partial charge in [-0.05, 0) is 61.1 Å². The Labute approximate surface area is 229 Å². The number of ether oxygens (including phenoxy) is 1. The number of amides is 1. The predicted octanol–water partition coefficient (Wildman–Crippen LogP) is 2.93. The highest BCUT2D eigenvalue weighted by Gasteiger charge is 2.46. The summed E-state index contributed by atoms with van der Waals surface area (Å²) in [7, 11) is 0. The van der Waals surface area contributed by atoms with Crippen LogP contribution in [-0.4, -0.2) is 49.9 Å². The van der Waals surface area contributed by atoms with Crippen LogP contribution in [0.5, 0.6) is 5.75 Å². The van der Waals surface area contributed by atoms with Gasteiger partial charge in [0.2, 0.25) is 5.95 Å². The molecule has 1 amide bonds. The summed E-state index contributed by atoms with van der Waals surface area (Å²) in [5, 5.41) is 7.29. The number of benzene rings is 1. The fraction of sp³-hybridized carbons (Fsp3) is 0.345. The second kappa shape index (κ2) is 8.75. The molecular weight excluding hydrogens is 508 g/mol. The van der Waals surface area contributed by atoms with Gasteiger partial charge < -0.3 is 15.4 Å². The summed E-state index contributed by atoms with van der Waals surface area (Å²) in [6.45, 7) is 2.78. The lowest BCUT2D eigenvalue weighted by Crippen LogP contribution is -2.40. The molecule has 8 rings (SSSR count). The molecule has 1 saturated carbocycles. The highest BCUT2D eigenvalue weighted by atomic mass is 16.5. The van der Waals surface area contributed by atoms with Crippen LogP contribution >= 0.6 is 0 Å². The van der Waals surface area contributed by atoms with Crippen molar-refractivity contribution in [2.75, 3.05) is 29.9 Å². The van der Waals surface area contributed by atoms with Crippen molar-refractivity contribution in [3.8, 4) is 11.6 Å². The molecule has 0 saturated heterocycles. The number of rotatable bonds is 2. The van der Waals surface area contributed by atoms with Crippen molar-refractivity contribution in [1.82, 2.24) is 29.6 Å². The summed E-state index contributed by atoms with van der Waals surface area (Å²) < 4.78 is 8.97. The summed E-state index contributed by atoms with van der Waals surface area (Å²) in [6.07, 6.45) is 9.61. The maximum absolute atomic E-state index is 13.5. The van der Waals surface area contributed by atoms with E-state index < -0.39 is 0 Å². The van der Waals surface area contributed by atoms with E-state index in [4.69, 9.17) is 14.7 Å². The van der Waals surface area contributed by atoms with Crippen LogP contribution in [0.1, 0.15) is 36.8 Å². The van der Waals surface area contributed by atoms with E-state index in [9.17, 15) is 9.59 Å². The molecule has 4 aliphatic rings. The molecule has 4 aromatic rings. The molecule has 1 aromatic carbocycles. The average Bonchev–Trinajstić information content (AvgIpc) is 3.67. The fourth-order valence-corrected chi connectivity index (χ4v) is 6.15. The molecule has 0 unspecified atom stereocenters. The Hall–Kier alpha value is -4.51. The number of hydrogen-bond donors (Lipinski definition) is 2. The molecule has 2 N–H and O–H groups in total. The van der Waals surface area contributed by atoms with Crippen molar-refractivity contribution in [1.29, 1.82) is 0 Å². The predicted molar refractivity (Wildman–Crippen MR) is 149 cm³/mol. The summed E-state index contributed by atoms with van der Waals surface area (Å²) in [5.74, 6) is 1.74. The van der Waals surface area contributed by atoms with Crippen molar-refractivity contribution in [3.63, 3.8) is 0 Å². The molecule has 11 nitrogen and oxygen atoms in total. The minimum Gasteiger partial charge on any atom is -0.480 e. The van der Waals surface area contributed by atoms with Gasteiger partial charge in [-0.2, -0.15) is 4.98 Å². The monoisotopic (exact) mass is 536 g/mol. The second-order valence-electron chi connectivity index (χ2n) is 10.9. The number of allylic oxidation sites excluding steroid dienone is 2. The molecule has 3 aromatic heterocycles. The number of pyridine rings is 1. The van der Waals surface area contributed by atoms with Crippen LogP contribution in [0.25, 0.3) is 16.9 Å². The maximum atomic E-state index is 13.5. The van der Waals surface area contributed by atoms with Gasteiger partial charge in [-0.3, -0.25) is 14.5 Å². The average molecular weight is 537 g/mol. The normalized spacial score (nSPS) is 18.9. The number of hydrogen-bond acceptors (Lipinski definition) is 8. The second-order valence-corrected chi connectivity index (χ2v) is 10.9. The summed E-state index contributed by atoms with van der Waals surface area (Å²) in [5.41, 5.74) is 4.17. The highest BCUT2D eigenvalue weighted by Crippen LogP contribution is 2.50. The van der Waals surface area contributed by atoms with Crippen molar-refractivity contribution < 1.29 is 9.53 Å². The van der Waals surface area contributed by atoms with Crippen molar-refractivity contribution in [2.24, 2.45) is 0 Å². The van der Waals surface area contributed by atoms with Crippen LogP contribution in [0.15, 0.2) is 53.5 Å². The topological polar surface area (TPSA) is 119 Å². The van der Waals surface area contributed by atoms with Crippen molar-refractivity contribution >= 4 is 34.4 Å². The van der Waals surface area contributed by atoms with Gasteiger partial charge >= 0.3 is 0 Å². The van der Waals surface area contributed by atoms with E-state index in [1.807, 2.05) is 12.2 Å². The van der Waals surface area contributed by atoms with Crippen LogP contribution in [-0.2, 0) is 23.3 Å². The summed E-state index contributed by atoms with van der Waals surface area (Å²) >= 11 is 0. The van der Waals surface area contributed by atoms with Crippen molar-refractivity contribution in [3.05, 3.63) is 70.2 Å². The number of carbonyl (C=O) groups is 1. The molecule has 0 atom stereocenters. The number of aromatic nitrogens is 5. The van der Waals surface area contributed by atoms with Gasteiger partial charge in [-0.25, -0.2) is 19.3 Å². The Morgan fingerprint density at radius 1 is 1.07 bits per heavy atom. The zero-order valence-electron chi connectivity index (χ0n) is 21.9. The molecule has 1 aliphatic carbocycles. The highest BCUT2D eigenvalue weighted by molar-refractivity contribution is 5.96. The minimum absolute atomic E-state index is 0.0109. The van der Waals surface area contributed by atoms with Crippen LogP contribution in [0, 0.1) is 0 Å². The first-order chi connectivity index (χ1) is 19.6. The molecule has 2 bridgehead atoms. The first kappa shape index (κ1) is 23.4. The number of nitrogens with zero attached hydrogens (tertiary/aromatic N) is 6. The number of anilines is 3. The molecule has 11 heteroatoms. The Kier molecular flexibility index (Phi) is 5.12. The van der Waals surface area contributed by atoms with Gasteiger partial charge in [-0.15, -0.1) is 0 Å². The smallest absolute Gasteiger partial charge is 0.278 e. The summed E-state index contributed by atoms with van der Waals surface area (Å²) in [6, 6.07) is 10.0. The Morgan fingerprint density at radius 3 is 2.90 bits per heavy atom. The van der Waals surface area contributed by atoms with Gasteiger partial charge in [0.25, 0.3) is 11.5 Å². The lowest BCUT2D eigenvalue weighted by molar-refractivity contribution is -0.121. The zero-order valence-corrected chi connectivity index (χ0v) is 21.9. The standard InChI is InChI=1S/C29H28N8O3/c38-24-16-40-22-7-8-23-33-26(22)35(24)11-3-1-2-4-12-36-27(39)20-15-31-28(34-25(20)37(23)36)32-19-5-6-21-18(13-19)14-30-17-29(21)9-10-29/h2,4-8,13,15,30H,1,3,9-12,14,16-17H2,(H,31,32,34). The molecule has 40 heavy (non-hydrogen) atoms. The van der Waals surface area contributed by atoms with Crippen LogP contribution in [0.3, 0.4) is 0 Å². The number of carbonyl (C=O) groups excluding carboxylic acids is 1. The number of fused-ring (bicyclic) bond motifs is 7. The SMILES string of the molecule is O=C1COc2ccc3nc2N1CCCC=CCn1c(=O)c2cnc(Nc4ccc5c(c4)CNCC54CC4)nc2n1-3. The van der Waals surface area contributed by atoms with Gasteiger partial charge in [-0.1, -0.05) is 18.2 Å². The third-order valence-corrected chi connectivity index (χ3v) is 8.39. The van der Waals surface area contributed by atoms with Crippen LogP contribution < -0.4 is 25.8 Å². The first-order valence-electron chi connectivity index (χ1n) is 13.8. The van der Waals surface area contributed by atoms with E-state index in [0.717, 1.165) is 31.6 Å². The zero-order chi connectivity index (χ0) is 26.8. The van der Waals surface area contributed by atoms with E-state index in [1.165, 1.54) is 24.0 Å². The Bertz CT molecular complexity index is 1780. The third kappa shape index (κ3) is 3.64. The van der Waals surface area contributed by atoms with Crippen LogP contribution in [0.2, 0.25) is 0 Å². The Morgan fingerprint density at radius 2 is 2.00 bits per heavy atom. The minimum atomic E-state index is -0.207. The molecular formula is C29H28N8O3. The van der Waals surface area contributed by atoms with Crippen LogP contribution in [0.4, 0.5) is 17.5 Å². The molecule has 1 fully saturated rings. The lowest BCUT2D eigenvalue weighted by Gasteiger charge is -2.28. The van der Waals surface area contributed by atoms with E-state index in [2.05, 4.69) is 33.8 Å². The van der Waals surface area contributed by atoms with E-state index >= 15 is 0 Å². The fourth-order valence-electron chi connectivity index (χ4n) is 6.15. The molecule has 3 aliphatic heterocycles. The van der Waals surface area contributed by atoms with Gasteiger partial charge in [0.05, 0.1) is 6.54 Å². The van der Waals surface area contributed by atoms with E-state index in [-0.39, 0.29) is 18.1 Å². The van der Waals surface area contributed by atoms with Gasteiger partial charge in [0.15, 0.2) is 29.6 Å². The van der Waals surface area contributed by atoms with Gasteiger partial charge in [0.1, 0.15) is 5.39 Å². The first-order valence-corrected chi connectivity index (χ1v) is 13.8. The molecule has 202 valence electrons. The van der Waals surface area contributed by atoms with E-state index in [0.29, 0.717) is 52.9 Å². The lowest BCUT2D eigenvalue weighted by atomic mass is 9.88. The van der Waals surface area contributed by atoms with Crippen molar-refractivity contribution in [2.45, 2.75) is 44.2 Å². The molecule has 0 radical (unpaired) electrons. The molecule has 1 spiro atoms. The Balaban J connectivity index is 1.24. The quantitative estimate of drug-likeness (QED) is 0.376.